The Morgan fingerprint density at radius 2 is 1.33 bits per heavy atom. The fourth-order valence-electron chi connectivity index (χ4n) is 0.209. The molecule has 32 valence electrons. The van der Waals surface area contributed by atoms with Gasteiger partial charge in [0.05, 0.1) is 0 Å². The highest BCUT2D eigenvalue weighted by molar-refractivity contribution is 5.25. The number of rotatable bonds is 0. The molecule has 0 nitrogen and oxygen atoms in total. The smallest absolute Gasteiger partial charge is 0.203 e. The summed E-state index contributed by atoms with van der Waals surface area (Å²) >= 11 is 0. The molecule has 1 rings (SSSR count). The third-order valence-corrected chi connectivity index (χ3v) is 0.616. The van der Waals surface area contributed by atoms with Crippen LogP contribution in [0.15, 0.2) is 0 Å². The maximum absolute atomic E-state index is 11.4. The lowest BCUT2D eigenvalue weighted by atomic mass is 10.1. The second kappa shape index (κ2) is 0.939. The molecule has 0 fully saturated rings. The normalized spacial score (nSPS) is 39.7. The predicted octanol–water partition coefficient (Wildman–Crippen LogP) is 0.680. The van der Waals surface area contributed by atoms with Gasteiger partial charge in [-0.05, 0) is 0 Å². The van der Waals surface area contributed by atoms with Crippen LogP contribution >= 0.6 is 0 Å². The van der Waals surface area contributed by atoms with Crippen molar-refractivity contribution in [1.82, 2.24) is 0 Å². The Morgan fingerprint density at radius 1 is 1.00 bits per heavy atom. The van der Waals surface area contributed by atoms with Crippen LogP contribution in [0.5, 0.6) is 0 Å². The van der Waals surface area contributed by atoms with Crippen molar-refractivity contribution in [3.63, 3.8) is 0 Å². The van der Waals surface area contributed by atoms with E-state index in [2.05, 4.69) is 0 Å². The van der Waals surface area contributed by atoms with Gasteiger partial charge in [0, 0.05) is 0 Å². The Balaban J connectivity index is 2.55. The first kappa shape index (κ1) is 3.60. The van der Waals surface area contributed by atoms with Gasteiger partial charge in [-0.1, -0.05) is 11.8 Å². The molecule has 0 saturated heterocycles. The van der Waals surface area contributed by atoms with E-state index in [-0.39, 0.29) is 0 Å². The van der Waals surface area contributed by atoms with E-state index in [4.69, 9.17) is 0 Å². The van der Waals surface area contributed by atoms with Gasteiger partial charge in [-0.25, -0.2) is 8.78 Å². The highest BCUT2D eigenvalue weighted by Gasteiger charge is 2.21. The van der Waals surface area contributed by atoms with Gasteiger partial charge in [-0.2, -0.15) is 0 Å². The van der Waals surface area contributed by atoms with Crippen LogP contribution in [0.3, 0.4) is 0 Å². The van der Waals surface area contributed by atoms with Crippen molar-refractivity contribution in [2.24, 2.45) is 0 Å². The lowest BCUT2D eigenvalue weighted by Crippen LogP contribution is -2.20. The first-order chi connectivity index (χ1) is 2.80. The molecule has 1 aliphatic carbocycles. The maximum Gasteiger partial charge on any atom is 0.203 e. The second-order valence-electron chi connectivity index (χ2n) is 1.09. The van der Waals surface area contributed by atoms with Gasteiger partial charge >= 0.3 is 0 Å². The van der Waals surface area contributed by atoms with E-state index >= 15 is 0 Å². The molecule has 0 N–H and O–H groups in total. The van der Waals surface area contributed by atoms with Gasteiger partial charge < -0.3 is 0 Å². The molecule has 2 unspecified atom stereocenters. The monoisotopic (exact) mass is 88.0 g/mol. The summed E-state index contributed by atoms with van der Waals surface area (Å²) in [5.41, 5.74) is 0. The van der Waals surface area contributed by atoms with Gasteiger partial charge in [0.2, 0.25) is 12.3 Å². The number of hydrogen-bond acceptors (Lipinski definition) is 0. The van der Waals surface area contributed by atoms with Crippen molar-refractivity contribution in [3.8, 4) is 11.8 Å². The van der Waals surface area contributed by atoms with Crippen LogP contribution in [0.25, 0.3) is 0 Å². The van der Waals surface area contributed by atoms with Gasteiger partial charge in [0.15, 0.2) is 0 Å². The van der Waals surface area contributed by atoms with Crippen LogP contribution < -0.4 is 0 Å². The van der Waals surface area contributed by atoms with E-state index in [1.807, 2.05) is 11.8 Å². The molecule has 0 aliphatic heterocycles. The summed E-state index contributed by atoms with van der Waals surface area (Å²) in [6, 6.07) is 0. The van der Waals surface area contributed by atoms with Crippen LogP contribution in [0.4, 0.5) is 8.78 Å². The Hall–Kier alpha value is -0.580. The molecular formula is C4H2F2. The molecule has 0 spiro atoms. The van der Waals surface area contributed by atoms with Crippen LogP contribution in [0.2, 0.25) is 0 Å². The van der Waals surface area contributed by atoms with Gasteiger partial charge in [-0.3, -0.25) is 0 Å². The molecule has 0 aromatic rings. The van der Waals surface area contributed by atoms with E-state index in [1.165, 1.54) is 0 Å². The van der Waals surface area contributed by atoms with Gasteiger partial charge in [0.1, 0.15) is 0 Å². The highest BCUT2D eigenvalue weighted by atomic mass is 19.2. The molecule has 6 heavy (non-hydrogen) atoms. The fraction of sp³-hybridized carbons (Fsp3) is 0.500. The van der Waals surface area contributed by atoms with Crippen molar-refractivity contribution in [2.75, 3.05) is 0 Å². The van der Waals surface area contributed by atoms with E-state index in [9.17, 15) is 8.78 Å². The molecule has 0 bridgehead atoms. The van der Waals surface area contributed by atoms with Crippen LogP contribution in [0, 0.1) is 11.8 Å². The maximum atomic E-state index is 11.4. The zero-order valence-corrected chi connectivity index (χ0v) is 2.91. The summed E-state index contributed by atoms with van der Waals surface area (Å²) < 4.78 is 22.7. The minimum Gasteiger partial charge on any atom is -0.229 e. The third-order valence-electron chi connectivity index (χ3n) is 0.616. The minimum atomic E-state index is -1.50. The predicted molar refractivity (Wildman–Crippen MR) is 17.6 cm³/mol. The molecule has 0 saturated carbocycles. The number of halogens is 2. The average Bonchev–Trinajstić information content (AvgIpc) is 1.61. The first-order valence-electron chi connectivity index (χ1n) is 1.60. The Kier molecular flexibility index (Phi) is 0.564. The Morgan fingerprint density at radius 3 is 1.33 bits per heavy atom. The molecule has 0 amide bonds. The molecule has 2 heteroatoms. The molecule has 1 aliphatic rings. The molecule has 2 atom stereocenters. The van der Waals surface area contributed by atoms with Crippen LogP contribution in [0.1, 0.15) is 0 Å². The van der Waals surface area contributed by atoms with Crippen LogP contribution in [-0.4, -0.2) is 12.3 Å². The zero-order valence-electron chi connectivity index (χ0n) is 2.91. The van der Waals surface area contributed by atoms with E-state index in [1.54, 1.807) is 0 Å². The van der Waals surface area contributed by atoms with Crippen molar-refractivity contribution in [1.29, 1.82) is 0 Å². The minimum absolute atomic E-state index is 1.50. The summed E-state index contributed by atoms with van der Waals surface area (Å²) in [5.74, 6) is 3.93. The molecule has 0 heterocycles. The molecular weight excluding hydrogens is 86.0 g/mol. The highest BCUT2D eigenvalue weighted by Crippen LogP contribution is 2.07. The average molecular weight is 88.1 g/mol. The topological polar surface area (TPSA) is 0 Å². The Bertz CT molecular complexity index is 96.5. The van der Waals surface area contributed by atoms with E-state index in [0.29, 0.717) is 0 Å². The van der Waals surface area contributed by atoms with E-state index < -0.39 is 12.3 Å². The van der Waals surface area contributed by atoms with Crippen LogP contribution in [-0.2, 0) is 0 Å². The molecule has 0 aromatic carbocycles. The van der Waals surface area contributed by atoms with Gasteiger partial charge in [0.25, 0.3) is 0 Å². The third kappa shape index (κ3) is 0.283. The zero-order chi connectivity index (χ0) is 4.57. The largest absolute Gasteiger partial charge is 0.229 e. The number of hydrogen-bond donors (Lipinski definition) is 0. The van der Waals surface area contributed by atoms with Crippen molar-refractivity contribution < 1.29 is 8.78 Å². The number of alkyl halides is 2. The summed E-state index contributed by atoms with van der Waals surface area (Å²) in [7, 11) is 0. The summed E-state index contributed by atoms with van der Waals surface area (Å²) in [5, 5.41) is 0. The van der Waals surface area contributed by atoms with E-state index in [0.717, 1.165) is 0 Å². The quantitative estimate of drug-likeness (QED) is 0.382. The lowest BCUT2D eigenvalue weighted by Gasteiger charge is -2.05. The van der Waals surface area contributed by atoms with Crippen molar-refractivity contribution in [3.05, 3.63) is 0 Å². The summed E-state index contributed by atoms with van der Waals surface area (Å²) in [6.45, 7) is 0. The summed E-state index contributed by atoms with van der Waals surface area (Å²) in [6.07, 6.45) is -2.99. The fourth-order valence-corrected chi connectivity index (χ4v) is 0.209. The van der Waals surface area contributed by atoms with Crippen molar-refractivity contribution in [2.45, 2.75) is 12.3 Å². The SMILES string of the molecule is FC1C#CC1F. The lowest BCUT2D eigenvalue weighted by molar-refractivity contribution is 0.246. The first-order valence-corrected chi connectivity index (χ1v) is 1.60. The standard InChI is InChI=1S/C4H2F2/c5-3-1-2-4(3)6/h3-4H. The molecule has 0 aromatic heterocycles. The van der Waals surface area contributed by atoms with Gasteiger partial charge in [-0.15, -0.1) is 0 Å². The van der Waals surface area contributed by atoms with Crippen molar-refractivity contribution >= 4 is 0 Å². The Labute approximate surface area is 34.2 Å². The summed E-state index contributed by atoms with van der Waals surface area (Å²) in [4.78, 5) is 0. The second-order valence-corrected chi connectivity index (χ2v) is 1.09. The molecule has 0 radical (unpaired) electrons.